The summed E-state index contributed by atoms with van der Waals surface area (Å²) < 4.78 is 0. The van der Waals surface area contributed by atoms with Crippen molar-refractivity contribution >= 4 is 10.8 Å². The molecule has 0 amide bonds. The Kier molecular flexibility index (Phi) is 8.84. The molecule has 1 heteroatoms. The fraction of sp³-hybridized carbons (Fsp3) is 0.524. The first-order chi connectivity index (χ1) is 10.3. The molecule has 0 saturated carbocycles. The molecular weight excluding hydrogens is 266 g/mol. The summed E-state index contributed by atoms with van der Waals surface area (Å²) >= 11 is 0. The van der Waals surface area contributed by atoms with Gasteiger partial charge in [0.25, 0.3) is 0 Å². The summed E-state index contributed by atoms with van der Waals surface area (Å²) in [5.74, 6) is 0. The van der Waals surface area contributed by atoms with Gasteiger partial charge in [0.15, 0.2) is 0 Å². The van der Waals surface area contributed by atoms with Crippen molar-refractivity contribution in [3.8, 4) is 0 Å². The molecular formula is C21H33N. The maximum atomic E-state index is 2.34. The summed E-state index contributed by atoms with van der Waals surface area (Å²) in [6.45, 7) is 4.47. The van der Waals surface area contributed by atoms with Crippen LogP contribution in [0, 0.1) is 6.92 Å². The molecule has 0 aliphatic carbocycles. The van der Waals surface area contributed by atoms with Crippen LogP contribution >= 0.6 is 0 Å². The Morgan fingerprint density at radius 3 is 2.18 bits per heavy atom. The number of aryl methyl sites for hydroxylation is 2. The largest absolute Gasteiger partial charge is 0.344 e. The van der Waals surface area contributed by atoms with Gasteiger partial charge in [0, 0.05) is 0 Å². The van der Waals surface area contributed by atoms with Gasteiger partial charge < -0.3 is 6.15 Å². The van der Waals surface area contributed by atoms with Crippen LogP contribution in [-0.4, -0.2) is 0 Å². The van der Waals surface area contributed by atoms with Crippen LogP contribution in [0.3, 0.4) is 0 Å². The zero-order valence-corrected chi connectivity index (χ0v) is 14.5. The molecule has 22 heavy (non-hydrogen) atoms. The Labute approximate surface area is 136 Å². The molecule has 0 aliphatic rings. The molecule has 0 saturated heterocycles. The van der Waals surface area contributed by atoms with E-state index in [9.17, 15) is 0 Å². The van der Waals surface area contributed by atoms with Crippen molar-refractivity contribution in [3.63, 3.8) is 0 Å². The van der Waals surface area contributed by atoms with Crippen molar-refractivity contribution in [1.29, 1.82) is 0 Å². The van der Waals surface area contributed by atoms with Gasteiger partial charge in [0.2, 0.25) is 0 Å². The van der Waals surface area contributed by atoms with E-state index in [1.54, 1.807) is 0 Å². The number of rotatable bonds is 9. The van der Waals surface area contributed by atoms with E-state index < -0.39 is 0 Å². The molecule has 0 aliphatic heterocycles. The van der Waals surface area contributed by atoms with Gasteiger partial charge in [-0.15, -0.1) is 0 Å². The molecule has 0 atom stereocenters. The first-order valence-electron chi connectivity index (χ1n) is 8.79. The standard InChI is InChI=1S/C21H30.H3N/c1-3-4-5-6-7-8-9-10-12-19-13-11-14-20-16-15-18(2)17-21(19)20;/h11,13-17H,3-10,12H2,1-2H3;1H3. The maximum Gasteiger partial charge on any atom is -0.0149 e. The Balaban J connectivity index is 0.00000242. The van der Waals surface area contributed by atoms with E-state index in [4.69, 9.17) is 0 Å². The maximum absolute atomic E-state index is 2.34. The third kappa shape index (κ3) is 5.81. The summed E-state index contributed by atoms with van der Waals surface area (Å²) in [6, 6.07) is 13.5. The summed E-state index contributed by atoms with van der Waals surface area (Å²) in [7, 11) is 0. The van der Waals surface area contributed by atoms with Gasteiger partial charge in [0.1, 0.15) is 0 Å². The topological polar surface area (TPSA) is 35.0 Å². The average molecular weight is 300 g/mol. The Hall–Kier alpha value is -1.34. The van der Waals surface area contributed by atoms with E-state index in [0.717, 1.165) is 0 Å². The predicted octanol–water partition coefficient (Wildman–Crippen LogP) is 6.99. The lowest BCUT2D eigenvalue weighted by Crippen LogP contribution is -1.89. The van der Waals surface area contributed by atoms with Crippen LogP contribution in [0.5, 0.6) is 0 Å². The molecule has 0 unspecified atom stereocenters. The Morgan fingerprint density at radius 1 is 0.773 bits per heavy atom. The molecule has 2 rings (SSSR count). The second-order valence-electron chi connectivity index (χ2n) is 6.37. The van der Waals surface area contributed by atoms with Gasteiger partial charge in [-0.05, 0) is 36.1 Å². The van der Waals surface area contributed by atoms with Gasteiger partial charge >= 0.3 is 0 Å². The zero-order chi connectivity index (χ0) is 14.9. The SMILES string of the molecule is CCCCCCCCCCc1cccc2ccc(C)cc12.N. The second-order valence-corrected chi connectivity index (χ2v) is 6.37. The first kappa shape index (κ1) is 18.7. The van der Waals surface area contributed by atoms with Crippen molar-refractivity contribution in [3.05, 3.63) is 47.5 Å². The minimum Gasteiger partial charge on any atom is -0.344 e. The number of fused-ring (bicyclic) bond motifs is 1. The lowest BCUT2D eigenvalue weighted by molar-refractivity contribution is 0.576. The monoisotopic (exact) mass is 299 g/mol. The van der Waals surface area contributed by atoms with E-state index in [1.165, 1.54) is 79.7 Å². The minimum absolute atomic E-state index is 0. The van der Waals surface area contributed by atoms with Gasteiger partial charge in [-0.2, -0.15) is 0 Å². The van der Waals surface area contributed by atoms with E-state index in [0.29, 0.717) is 0 Å². The van der Waals surface area contributed by atoms with Crippen LogP contribution in [0.1, 0.15) is 69.4 Å². The van der Waals surface area contributed by atoms with Gasteiger partial charge in [0.05, 0.1) is 0 Å². The molecule has 0 heterocycles. The lowest BCUT2D eigenvalue weighted by atomic mass is 9.98. The third-order valence-corrected chi connectivity index (χ3v) is 4.43. The van der Waals surface area contributed by atoms with Crippen LogP contribution < -0.4 is 6.15 Å². The number of hydrogen-bond donors (Lipinski definition) is 1. The highest BCUT2D eigenvalue weighted by molar-refractivity contribution is 5.86. The van der Waals surface area contributed by atoms with E-state index in [1.807, 2.05) is 0 Å². The minimum atomic E-state index is 0. The summed E-state index contributed by atoms with van der Waals surface area (Å²) in [5, 5.41) is 2.85. The predicted molar refractivity (Wildman–Crippen MR) is 100 cm³/mol. The van der Waals surface area contributed by atoms with Crippen molar-refractivity contribution in [1.82, 2.24) is 6.15 Å². The highest BCUT2D eigenvalue weighted by Crippen LogP contribution is 2.22. The Morgan fingerprint density at radius 2 is 1.45 bits per heavy atom. The van der Waals surface area contributed by atoms with Crippen LogP contribution in [0.4, 0.5) is 0 Å². The Bertz CT molecular complexity index is 545. The van der Waals surface area contributed by atoms with Crippen molar-refractivity contribution in [2.45, 2.75) is 71.6 Å². The van der Waals surface area contributed by atoms with Crippen molar-refractivity contribution < 1.29 is 0 Å². The van der Waals surface area contributed by atoms with Gasteiger partial charge in [-0.3, -0.25) is 0 Å². The van der Waals surface area contributed by atoms with Crippen LogP contribution in [0.2, 0.25) is 0 Å². The average Bonchev–Trinajstić information content (AvgIpc) is 2.50. The molecule has 3 N–H and O–H groups in total. The molecule has 0 radical (unpaired) electrons. The number of benzene rings is 2. The van der Waals surface area contributed by atoms with E-state index in [-0.39, 0.29) is 6.15 Å². The molecule has 0 fully saturated rings. The normalized spacial score (nSPS) is 10.6. The number of unbranched alkanes of at least 4 members (excludes halogenated alkanes) is 7. The lowest BCUT2D eigenvalue weighted by Gasteiger charge is -2.08. The van der Waals surface area contributed by atoms with Crippen molar-refractivity contribution in [2.75, 3.05) is 0 Å². The van der Waals surface area contributed by atoms with Gasteiger partial charge in [-0.1, -0.05) is 93.8 Å². The molecule has 1 nitrogen and oxygen atoms in total. The highest BCUT2D eigenvalue weighted by atomic mass is 14.1. The van der Waals surface area contributed by atoms with E-state index >= 15 is 0 Å². The summed E-state index contributed by atoms with van der Waals surface area (Å²) in [6.07, 6.45) is 12.4. The summed E-state index contributed by atoms with van der Waals surface area (Å²) in [4.78, 5) is 0. The second kappa shape index (κ2) is 10.4. The molecule has 2 aromatic rings. The molecule has 0 aromatic heterocycles. The van der Waals surface area contributed by atoms with E-state index in [2.05, 4.69) is 50.2 Å². The van der Waals surface area contributed by atoms with Crippen LogP contribution in [0.15, 0.2) is 36.4 Å². The fourth-order valence-corrected chi connectivity index (χ4v) is 3.12. The molecule has 2 aromatic carbocycles. The van der Waals surface area contributed by atoms with Crippen LogP contribution in [-0.2, 0) is 6.42 Å². The zero-order valence-electron chi connectivity index (χ0n) is 14.5. The first-order valence-corrected chi connectivity index (χ1v) is 8.79. The van der Waals surface area contributed by atoms with Gasteiger partial charge in [-0.25, -0.2) is 0 Å². The van der Waals surface area contributed by atoms with Crippen LogP contribution in [0.25, 0.3) is 10.8 Å². The third-order valence-electron chi connectivity index (χ3n) is 4.43. The molecule has 0 bridgehead atoms. The fourth-order valence-electron chi connectivity index (χ4n) is 3.12. The smallest absolute Gasteiger partial charge is 0.0149 e. The molecule has 0 spiro atoms. The highest BCUT2D eigenvalue weighted by Gasteiger charge is 2.01. The summed E-state index contributed by atoms with van der Waals surface area (Å²) in [5.41, 5.74) is 2.90. The quantitative estimate of drug-likeness (QED) is 0.497. The molecule has 122 valence electrons. The number of hydrogen-bond acceptors (Lipinski definition) is 1. The van der Waals surface area contributed by atoms with Crippen molar-refractivity contribution in [2.24, 2.45) is 0 Å².